The first kappa shape index (κ1) is 16.2. The number of thiol groups is 2. The molecule has 0 amide bonds. The van der Waals surface area contributed by atoms with E-state index < -0.39 is 0 Å². The third-order valence-electron chi connectivity index (χ3n) is 0.0333. The monoisotopic (exact) mass is 178 g/mol. The molecule has 0 aliphatic rings. The van der Waals surface area contributed by atoms with Crippen LogP contribution in [-0.4, -0.2) is 0 Å². The molecule has 6 heavy (non-hydrogen) atoms. The summed E-state index contributed by atoms with van der Waals surface area (Å²) in [6, 6.07) is 0. The van der Waals surface area contributed by atoms with E-state index in [1.54, 1.807) is 0 Å². The Balaban J connectivity index is -0.00000000750. The molecule has 0 heterocycles. The van der Waals surface area contributed by atoms with Gasteiger partial charge in [-0.3, -0.25) is 0 Å². The predicted octanol–water partition coefficient (Wildman–Crippen LogP) is -3.71. The normalized spacial score (nSPS) is 5.00. The molecule has 6 heteroatoms. The van der Waals surface area contributed by atoms with Crippen LogP contribution < -0.4 is 59.1 Å². The minimum atomic E-state index is 0. The van der Waals surface area contributed by atoms with Gasteiger partial charge in [-0.15, -0.1) is 0 Å². The molecule has 0 saturated carbocycles. The van der Waals surface area contributed by atoms with Crippen molar-refractivity contribution in [1.82, 2.24) is 0 Å². The van der Waals surface area contributed by atoms with Crippen LogP contribution >= 0.6 is 43.0 Å². The zero-order valence-electron chi connectivity index (χ0n) is 5.71. The summed E-state index contributed by atoms with van der Waals surface area (Å²) in [6.07, 6.45) is 0. The van der Waals surface area contributed by atoms with Gasteiger partial charge in [0.2, 0.25) is 0 Å². The second-order valence-corrected chi connectivity index (χ2v) is 4.02. The Labute approximate surface area is 103 Å². The van der Waals surface area contributed by atoms with Crippen LogP contribution in [0.5, 0.6) is 0 Å². The van der Waals surface area contributed by atoms with Crippen molar-refractivity contribution in [2.45, 2.75) is 0 Å². The van der Waals surface area contributed by atoms with Gasteiger partial charge in [-0.25, -0.2) is 0 Å². The summed E-state index contributed by atoms with van der Waals surface area (Å²) in [6.45, 7) is 0. The maximum Gasteiger partial charge on any atom is 1.00 e. The van der Waals surface area contributed by atoms with E-state index in [4.69, 9.17) is 0 Å². The minimum Gasteiger partial charge on any atom is -1.00 e. The van der Waals surface area contributed by atoms with Crippen LogP contribution in [0.3, 0.4) is 0 Å². The van der Waals surface area contributed by atoms with Crippen LogP contribution in [-0.2, 0) is 0 Å². The molecule has 0 fully saturated rings. The Bertz CT molecular complexity index is 14.0. The standard InChI is InChI=1S/2Na.H2S4.2H/c;;1-3-4-2;;/h;;1-2H;;/q2*+1;;2*-1. The average Bonchev–Trinajstić information content (AvgIpc) is 1.37. The first-order valence-corrected chi connectivity index (χ1v) is 4.79. The summed E-state index contributed by atoms with van der Waals surface area (Å²) in [5.41, 5.74) is 0. The van der Waals surface area contributed by atoms with Crippen molar-refractivity contribution in [3.8, 4) is 0 Å². The van der Waals surface area contributed by atoms with Gasteiger partial charge in [0.1, 0.15) is 0 Å². The summed E-state index contributed by atoms with van der Waals surface area (Å²) < 4.78 is 0. The molecule has 0 spiro atoms. The van der Waals surface area contributed by atoms with Crippen molar-refractivity contribution in [3.63, 3.8) is 0 Å². The molecule has 0 rings (SSSR count). The van der Waals surface area contributed by atoms with Gasteiger partial charge in [0, 0.05) is 0 Å². The molecule has 0 bridgehead atoms. The Morgan fingerprint density at radius 1 is 1.00 bits per heavy atom. The molecule has 0 atom stereocenters. The third kappa shape index (κ3) is 15.7. The van der Waals surface area contributed by atoms with Crippen LogP contribution in [0.4, 0.5) is 0 Å². The molecular formula is H4Na2S4. The number of hydrogen-bond acceptors (Lipinski definition) is 4. The SMILES string of the molecule is SSSS.[H-].[H-].[Na+].[Na+]. The number of hydrogen-bond donors (Lipinski definition) is 2. The van der Waals surface area contributed by atoms with Crippen molar-refractivity contribution in [2.75, 3.05) is 0 Å². The number of rotatable bonds is 1. The summed E-state index contributed by atoms with van der Waals surface area (Å²) in [5, 5.41) is 0. The van der Waals surface area contributed by atoms with Gasteiger partial charge < -0.3 is 2.85 Å². The van der Waals surface area contributed by atoms with Gasteiger partial charge in [0.05, 0.1) is 0 Å². The average molecular weight is 178 g/mol. The van der Waals surface area contributed by atoms with Crippen LogP contribution in [0.15, 0.2) is 0 Å². The molecular weight excluding hydrogens is 174 g/mol. The third-order valence-corrected chi connectivity index (χ3v) is 2.70. The van der Waals surface area contributed by atoms with E-state index >= 15 is 0 Å². The fourth-order valence-electron chi connectivity index (χ4n) is 0. The molecule has 0 unspecified atom stereocenters. The summed E-state index contributed by atoms with van der Waals surface area (Å²) in [5.74, 6) is 0. The van der Waals surface area contributed by atoms with Gasteiger partial charge in [-0.1, -0.05) is 23.3 Å². The molecule has 0 aliphatic heterocycles. The minimum absolute atomic E-state index is 0. The molecule has 0 aromatic carbocycles. The van der Waals surface area contributed by atoms with E-state index in [1.807, 2.05) is 0 Å². The van der Waals surface area contributed by atoms with Crippen LogP contribution in [0.25, 0.3) is 0 Å². The first-order chi connectivity index (χ1) is 1.91. The largest absolute Gasteiger partial charge is 1.00 e. The van der Waals surface area contributed by atoms with Crippen molar-refractivity contribution in [3.05, 3.63) is 0 Å². The summed E-state index contributed by atoms with van der Waals surface area (Å²) in [7, 11) is 2.66. The molecule has 0 saturated heterocycles. The van der Waals surface area contributed by atoms with Gasteiger partial charge in [0.15, 0.2) is 0 Å². The summed E-state index contributed by atoms with van der Waals surface area (Å²) >= 11 is 7.45. The molecule has 0 aliphatic carbocycles. The zero-order valence-corrected chi connectivity index (χ0v) is 11.1. The second-order valence-electron chi connectivity index (χ2n) is 0.149. The van der Waals surface area contributed by atoms with Gasteiger partial charge in [0.25, 0.3) is 0 Å². The van der Waals surface area contributed by atoms with E-state index in [0.717, 1.165) is 0 Å². The van der Waals surface area contributed by atoms with Crippen LogP contribution in [0.1, 0.15) is 2.85 Å². The fraction of sp³-hybridized carbons (Fsp3) is 0. The molecule has 30 valence electrons. The maximum absolute atomic E-state index is 3.72. The molecule has 0 aromatic heterocycles. The fourth-order valence-corrected chi connectivity index (χ4v) is 0. The van der Waals surface area contributed by atoms with E-state index in [-0.39, 0.29) is 62.0 Å². The second kappa shape index (κ2) is 15.8. The van der Waals surface area contributed by atoms with Gasteiger partial charge in [-0.05, 0) is 19.7 Å². The van der Waals surface area contributed by atoms with Gasteiger partial charge >= 0.3 is 59.1 Å². The predicted molar refractivity (Wildman–Crippen MR) is 35.4 cm³/mol. The summed E-state index contributed by atoms with van der Waals surface area (Å²) in [4.78, 5) is 0. The van der Waals surface area contributed by atoms with E-state index in [2.05, 4.69) is 23.3 Å². The first-order valence-electron chi connectivity index (χ1n) is 0.532. The van der Waals surface area contributed by atoms with Crippen LogP contribution in [0, 0.1) is 0 Å². The molecule has 0 aromatic rings. The zero-order chi connectivity index (χ0) is 3.41. The Hall–Kier alpha value is 3.40. The topological polar surface area (TPSA) is 0 Å². The van der Waals surface area contributed by atoms with Gasteiger partial charge in [-0.2, -0.15) is 0 Å². The molecule has 0 N–H and O–H groups in total. The van der Waals surface area contributed by atoms with Crippen molar-refractivity contribution >= 4 is 43.0 Å². The van der Waals surface area contributed by atoms with E-state index in [9.17, 15) is 0 Å². The van der Waals surface area contributed by atoms with Crippen molar-refractivity contribution < 1.29 is 62.0 Å². The van der Waals surface area contributed by atoms with Crippen molar-refractivity contribution in [2.24, 2.45) is 0 Å². The Morgan fingerprint density at radius 3 is 1.17 bits per heavy atom. The smallest absolute Gasteiger partial charge is 1.00 e. The van der Waals surface area contributed by atoms with Crippen molar-refractivity contribution in [1.29, 1.82) is 0 Å². The van der Waals surface area contributed by atoms with Crippen LogP contribution in [0.2, 0.25) is 0 Å². The maximum atomic E-state index is 3.72. The molecule has 0 radical (unpaired) electrons. The quantitative estimate of drug-likeness (QED) is 0.241. The van der Waals surface area contributed by atoms with E-state index in [0.29, 0.717) is 0 Å². The Kier molecular flexibility index (Phi) is 42.6. The molecule has 0 nitrogen and oxygen atoms in total. The Morgan fingerprint density at radius 2 is 1.17 bits per heavy atom. The van der Waals surface area contributed by atoms with E-state index in [1.165, 1.54) is 19.7 Å².